The van der Waals surface area contributed by atoms with Gasteiger partial charge in [-0.2, -0.15) is 0 Å². The van der Waals surface area contributed by atoms with Crippen molar-refractivity contribution in [3.8, 4) is 11.5 Å². The third kappa shape index (κ3) is 4.28. The average molecular weight is 483 g/mol. The summed E-state index contributed by atoms with van der Waals surface area (Å²) in [5.41, 5.74) is 0.636. The Morgan fingerprint density at radius 3 is 2.57 bits per heavy atom. The lowest BCUT2D eigenvalue weighted by Crippen LogP contribution is -2.41. The molecule has 1 aromatic heterocycles. The normalized spacial score (nSPS) is 18.7. The van der Waals surface area contributed by atoms with E-state index in [4.69, 9.17) is 13.9 Å². The van der Waals surface area contributed by atoms with Crippen LogP contribution in [-0.4, -0.2) is 39.6 Å². The molecule has 0 bridgehead atoms. The van der Waals surface area contributed by atoms with Crippen LogP contribution in [0.1, 0.15) is 50.5 Å². The van der Waals surface area contributed by atoms with Gasteiger partial charge in [0.25, 0.3) is 0 Å². The molecule has 8 nitrogen and oxygen atoms in total. The molecule has 0 saturated heterocycles. The second-order valence-electron chi connectivity index (χ2n) is 9.85. The molecular formula is C27H30O8. The molecule has 2 aromatic carbocycles. The van der Waals surface area contributed by atoms with E-state index in [2.05, 4.69) is 6.58 Å². The number of aliphatic hydroxyl groups excluding tert-OH is 1. The average Bonchev–Trinajstić information content (AvgIpc) is 2.74. The minimum Gasteiger partial charge on any atom is -0.507 e. The van der Waals surface area contributed by atoms with Gasteiger partial charge in [-0.25, -0.2) is 0 Å². The molecule has 0 radical (unpaired) electrons. The summed E-state index contributed by atoms with van der Waals surface area (Å²) in [6, 6.07) is 4.59. The van der Waals surface area contributed by atoms with Crippen LogP contribution in [0.2, 0.25) is 0 Å². The van der Waals surface area contributed by atoms with E-state index in [0.717, 1.165) is 5.57 Å². The van der Waals surface area contributed by atoms with Crippen LogP contribution in [0.5, 0.6) is 11.5 Å². The molecule has 186 valence electrons. The lowest BCUT2D eigenvalue weighted by Gasteiger charge is -2.32. The number of hydrogen-bond donors (Lipinski definition) is 3. The van der Waals surface area contributed by atoms with Crippen molar-refractivity contribution < 1.29 is 34.0 Å². The topological polar surface area (TPSA) is 126 Å². The number of rotatable bonds is 5. The second-order valence-corrected chi connectivity index (χ2v) is 9.85. The van der Waals surface area contributed by atoms with Gasteiger partial charge in [-0.05, 0) is 51.0 Å². The Morgan fingerprint density at radius 1 is 1.29 bits per heavy atom. The van der Waals surface area contributed by atoms with Crippen LogP contribution in [-0.2, 0) is 16.0 Å². The van der Waals surface area contributed by atoms with Crippen molar-refractivity contribution in [1.29, 1.82) is 0 Å². The van der Waals surface area contributed by atoms with E-state index in [1.165, 1.54) is 26.8 Å². The van der Waals surface area contributed by atoms with Gasteiger partial charge >= 0.3 is 5.97 Å². The predicted octanol–water partition coefficient (Wildman–Crippen LogP) is 3.82. The number of carbonyl (C=O) groups is 1. The van der Waals surface area contributed by atoms with E-state index in [9.17, 15) is 24.9 Å². The maximum absolute atomic E-state index is 13.8. The number of hydrogen-bond acceptors (Lipinski definition) is 8. The standard InChI is InChI=1S/C27H30O8/c1-12(2)16-11-33-25-13(3)9-18-21(22(25)23(16)30)24(31)20-17(29)8-7-15(26(20)35-18)10-19(27(5,6)32)34-14(4)28/h7-9,16,19,23,29-30,32H,1,10-11H2,2-6H3/t16-,19+,23-/m1/s1. The first-order chi connectivity index (χ1) is 16.3. The van der Waals surface area contributed by atoms with Gasteiger partial charge < -0.3 is 29.2 Å². The number of aromatic hydroxyl groups is 1. The Labute approximate surface area is 202 Å². The van der Waals surface area contributed by atoms with Crippen LogP contribution in [0.25, 0.3) is 21.9 Å². The molecule has 0 saturated carbocycles. The lowest BCUT2D eigenvalue weighted by atomic mass is 9.85. The van der Waals surface area contributed by atoms with E-state index in [0.29, 0.717) is 22.4 Å². The molecular weight excluding hydrogens is 452 g/mol. The number of ether oxygens (including phenoxy) is 2. The monoisotopic (exact) mass is 482 g/mol. The zero-order valence-corrected chi connectivity index (χ0v) is 20.5. The first-order valence-corrected chi connectivity index (χ1v) is 11.4. The SMILES string of the molecule is C=C(C)[C@H]1COc2c(C)cc3oc4c(C[C@H](OC(C)=O)C(C)(C)O)ccc(O)c4c(=O)c3c2[C@@H]1O. The molecule has 35 heavy (non-hydrogen) atoms. The number of esters is 1. The summed E-state index contributed by atoms with van der Waals surface area (Å²) in [5, 5.41) is 32.4. The minimum atomic E-state index is -1.37. The molecule has 3 atom stereocenters. The largest absolute Gasteiger partial charge is 0.507 e. The van der Waals surface area contributed by atoms with Crippen molar-refractivity contribution in [2.75, 3.05) is 6.61 Å². The Balaban J connectivity index is 2.00. The molecule has 2 heterocycles. The fourth-order valence-electron chi connectivity index (χ4n) is 4.64. The summed E-state index contributed by atoms with van der Waals surface area (Å²) in [4.78, 5) is 25.4. The van der Waals surface area contributed by atoms with Crippen molar-refractivity contribution in [3.05, 3.63) is 57.3 Å². The molecule has 0 unspecified atom stereocenters. The van der Waals surface area contributed by atoms with E-state index >= 15 is 0 Å². The number of benzene rings is 2. The lowest BCUT2D eigenvalue weighted by molar-refractivity contribution is -0.159. The number of fused-ring (bicyclic) bond motifs is 4. The van der Waals surface area contributed by atoms with Gasteiger partial charge in [-0.15, -0.1) is 0 Å². The summed E-state index contributed by atoms with van der Waals surface area (Å²) in [6.45, 7) is 12.0. The number of phenolic OH excluding ortho intramolecular Hbond substituents is 1. The van der Waals surface area contributed by atoms with Crippen molar-refractivity contribution in [1.82, 2.24) is 0 Å². The number of aliphatic hydroxyl groups is 2. The van der Waals surface area contributed by atoms with Gasteiger partial charge in [-0.1, -0.05) is 18.2 Å². The van der Waals surface area contributed by atoms with Crippen LogP contribution in [0.4, 0.5) is 0 Å². The number of aryl methyl sites for hydroxylation is 1. The number of carbonyl (C=O) groups excluding carboxylic acids is 1. The van der Waals surface area contributed by atoms with Gasteiger partial charge in [0, 0.05) is 24.8 Å². The van der Waals surface area contributed by atoms with Crippen LogP contribution in [0.3, 0.4) is 0 Å². The minimum absolute atomic E-state index is 0.0434. The third-order valence-corrected chi connectivity index (χ3v) is 6.57. The van der Waals surface area contributed by atoms with Gasteiger partial charge in [-0.3, -0.25) is 9.59 Å². The summed E-state index contributed by atoms with van der Waals surface area (Å²) in [5.74, 6) is -0.834. The maximum Gasteiger partial charge on any atom is 0.303 e. The molecule has 4 rings (SSSR count). The fourth-order valence-corrected chi connectivity index (χ4v) is 4.64. The van der Waals surface area contributed by atoms with Gasteiger partial charge in [0.15, 0.2) is 0 Å². The summed E-state index contributed by atoms with van der Waals surface area (Å²) in [6.07, 6.45) is -1.92. The maximum atomic E-state index is 13.8. The van der Waals surface area contributed by atoms with Crippen LogP contribution in [0, 0.1) is 12.8 Å². The molecule has 1 aliphatic heterocycles. The van der Waals surface area contributed by atoms with Crippen molar-refractivity contribution in [2.45, 2.75) is 58.8 Å². The molecule has 1 aliphatic rings. The zero-order chi connectivity index (χ0) is 25.8. The third-order valence-electron chi connectivity index (χ3n) is 6.57. The van der Waals surface area contributed by atoms with Crippen LogP contribution in [0.15, 0.2) is 39.6 Å². The fraction of sp³-hybridized carbons (Fsp3) is 0.407. The quantitative estimate of drug-likeness (QED) is 0.285. The first kappa shape index (κ1) is 24.8. The van der Waals surface area contributed by atoms with Crippen molar-refractivity contribution in [2.24, 2.45) is 5.92 Å². The highest BCUT2D eigenvalue weighted by Crippen LogP contribution is 2.44. The van der Waals surface area contributed by atoms with Gasteiger partial charge in [0.1, 0.15) is 34.2 Å². The molecule has 0 spiro atoms. The first-order valence-electron chi connectivity index (χ1n) is 11.4. The highest BCUT2D eigenvalue weighted by atomic mass is 16.6. The van der Waals surface area contributed by atoms with Crippen LogP contribution < -0.4 is 10.2 Å². The Kier molecular flexibility index (Phi) is 6.15. The second kappa shape index (κ2) is 8.70. The van der Waals surface area contributed by atoms with E-state index in [1.54, 1.807) is 26.0 Å². The van der Waals surface area contributed by atoms with E-state index in [-0.39, 0.29) is 40.7 Å². The molecule has 0 amide bonds. The van der Waals surface area contributed by atoms with Crippen LogP contribution >= 0.6 is 0 Å². The highest BCUT2D eigenvalue weighted by Gasteiger charge is 2.35. The summed E-state index contributed by atoms with van der Waals surface area (Å²) in [7, 11) is 0. The summed E-state index contributed by atoms with van der Waals surface area (Å²) >= 11 is 0. The van der Waals surface area contributed by atoms with Crippen molar-refractivity contribution >= 4 is 27.9 Å². The summed E-state index contributed by atoms with van der Waals surface area (Å²) < 4.78 is 17.4. The number of phenols is 1. The zero-order valence-electron chi connectivity index (χ0n) is 20.5. The molecule has 3 N–H and O–H groups in total. The molecule has 3 aromatic rings. The van der Waals surface area contributed by atoms with E-state index < -0.39 is 35.1 Å². The smallest absolute Gasteiger partial charge is 0.303 e. The van der Waals surface area contributed by atoms with Gasteiger partial charge in [0.05, 0.1) is 23.7 Å². The Bertz CT molecular complexity index is 1410. The molecule has 0 fully saturated rings. The predicted molar refractivity (Wildman–Crippen MR) is 131 cm³/mol. The Morgan fingerprint density at radius 2 is 1.97 bits per heavy atom. The van der Waals surface area contributed by atoms with Crippen molar-refractivity contribution in [3.63, 3.8) is 0 Å². The Hall–Kier alpha value is -3.36. The van der Waals surface area contributed by atoms with Gasteiger partial charge in [0.2, 0.25) is 5.43 Å². The highest BCUT2D eigenvalue weighted by molar-refractivity contribution is 5.97. The van der Waals surface area contributed by atoms with E-state index in [1.807, 2.05) is 0 Å². The molecule has 0 aliphatic carbocycles. The molecule has 8 heteroatoms.